The first-order chi connectivity index (χ1) is 9.56. The van der Waals surface area contributed by atoms with Gasteiger partial charge in [0.1, 0.15) is 6.29 Å². The molecule has 2 heterocycles. The van der Waals surface area contributed by atoms with Crippen LogP contribution in [0.15, 0.2) is 0 Å². The van der Waals surface area contributed by atoms with Gasteiger partial charge in [-0.15, -0.1) is 0 Å². The van der Waals surface area contributed by atoms with E-state index in [2.05, 4.69) is 11.5 Å². The number of rotatable bonds is 0. The van der Waals surface area contributed by atoms with E-state index in [1.807, 2.05) is 18.9 Å². The van der Waals surface area contributed by atoms with Crippen LogP contribution in [0.2, 0.25) is 0 Å². The fourth-order valence-corrected chi connectivity index (χ4v) is 4.49. The van der Waals surface area contributed by atoms with Gasteiger partial charge < -0.3 is 4.90 Å². The second kappa shape index (κ2) is 4.90. The van der Waals surface area contributed by atoms with Gasteiger partial charge in [0.15, 0.2) is 6.19 Å². The highest BCUT2D eigenvalue weighted by atomic mass is 16.2. The van der Waals surface area contributed by atoms with Gasteiger partial charge in [0.2, 0.25) is 5.91 Å². The molecule has 6 nitrogen and oxygen atoms in total. The molecule has 20 heavy (non-hydrogen) atoms. The number of likely N-dealkylation sites (tertiary alicyclic amines) is 1. The van der Waals surface area contributed by atoms with Gasteiger partial charge in [-0.1, -0.05) is 12.8 Å². The lowest BCUT2D eigenvalue weighted by molar-refractivity contribution is -0.157. The first-order valence-electron chi connectivity index (χ1n) is 7.52. The standard InChI is InChI=1S/C14H23N5O/c1-8-11-12(19(7-15)14(16)17-8)9-5-3-4-6-10(9)18(2)13(11)20/h8-12,14,17H,3-6,16H2,1-2H3. The SMILES string of the molecule is CC1NC(N)N(C#N)C2C3CCCCC3N(C)C(=O)C12. The predicted molar refractivity (Wildman–Crippen MR) is 73.8 cm³/mol. The van der Waals surface area contributed by atoms with Crippen LogP contribution in [0, 0.1) is 23.3 Å². The Hall–Kier alpha value is -1.32. The van der Waals surface area contributed by atoms with Crippen molar-refractivity contribution in [3.8, 4) is 6.19 Å². The molecule has 0 aromatic carbocycles. The van der Waals surface area contributed by atoms with Gasteiger partial charge in [-0.05, 0) is 19.8 Å². The van der Waals surface area contributed by atoms with E-state index in [1.54, 1.807) is 4.90 Å². The number of hydrogen-bond donors (Lipinski definition) is 2. The number of fused-ring (bicyclic) bond motifs is 3. The Morgan fingerprint density at radius 2 is 2.10 bits per heavy atom. The highest BCUT2D eigenvalue weighted by Gasteiger charge is 2.54. The van der Waals surface area contributed by atoms with Gasteiger partial charge in [0.05, 0.1) is 12.0 Å². The van der Waals surface area contributed by atoms with Crippen LogP contribution in [0.1, 0.15) is 32.6 Å². The van der Waals surface area contributed by atoms with Gasteiger partial charge in [-0.3, -0.25) is 20.7 Å². The number of nitriles is 1. The summed E-state index contributed by atoms with van der Waals surface area (Å²) in [4.78, 5) is 16.3. The van der Waals surface area contributed by atoms with E-state index < -0.39 is 6.29 Å². The third-order valence-corrected chi connectivity index (χ3v) is 5.43. The molecule has 110 valence electrons. The first-order valence-corrected chi connectivity index (χ1v) is 7.52. The highest BCUT2D eigenvalue weighted by Crippen LogP contribution is 2.42. The van der Waals surface area contributed by atoms with Crippen LogP contribution in [0.5, 0.6) is 0 Å². The van der Waals surface area contributed by atoms with Crippen molar-refractivity contribution in [2.75, 3.05) is 7.05 Å². The number of hydrogen-bond acceptors (Lipinski definition) is 5. The van der Waals surface area contributed by atoms with Crippen molar-refractivity contribution in [2.24, 2.45) is 17.6 Å². The molecule has 2 aliphatic heterocycles. The van der Waals surface area contributed by atoms with E-state index in [-0.39, 0.29) is 30.0 Å². The van der Waals surface area contributed by atoms with Crippen molar-refractivity contribution in [3.05, 3.63) is 0 Å². The predicted octanol–water partition coefficient (Wildman–Crippen LogP) is 0.0191. The van der Waals surface area contributed by atoms with E-state index in [1.165, 1.54) is 12.8 Å². The fraction of sp³-hybridized carbons (Fsp3) is 0.857. The number of carbonyl (C=O) groups excluding carboxylic acids is 1. The molecule has 0 aromatic rings. The van der Waals surface area contributed by atoms with Crippen molar-refractivity contribution in [1.82, 2.24) is 15.1 Å². The van der Waals surface area contributed by atoms with Crippen molar-refractivity contribution >= 4 is 5.91 Å². The monoisotopic (exact) mass is 277 g/mol. The Bertz CT molecular complexity index is 447. The van der Waals surface area contributed by atoms with E-state index >= 15 is 0 Å². The van der Waals surface area contributed by atoms with Crippen molar-refractivity contribution in [1.29, 1.82) is 5.26 Å². The summed E-state index contributed by atoms with van der Waals surface area (Å²) < 4.78 is 0. The lowest BCUT2D eigenvalue weighted by Gasteiger charge is -2.56. The molecule has 3 N–H and O–H groups in total. The summed E-state index contributed by atoms with van der Waals surface area (Å²) in [7, 11) is 1.92. The quantitative estimate of drug-likeness (QED) is 0.610. The Morgan fingerprint density at radius 1 is 1.40 bits per heavy atom. The molecule has 3 fully saturated rings. The third kappa shape index (κ3) is 1.80. The van der Waals surface area contributed by atoms with Crippen molar-refractivity contribution < 1.29 is 4.79 Å². The minimum absolute atomic E-state index is 0.0115. The Kier molecular flexibility index (Phi) is 3.35. The molecule has 1 amide bonds. The van der Waals surface area contributed by atoms with Crippen molar-refractivity contribution in [3.63, 3.8) is 0 Å². The summed E-state index contributed by atoms with van der Waals surface area (Å²) in [5, 5.41) is 12.6. The smallest absolute Gasteiger partial charge is 0.229 e. The molecular weight excluding hydrogens is 254 g/mol. The largest absolute Gasteiger partial charge is 0.342 e. The minimum Gasteiger partial charge on any atom is -0.342 e. The maximum absolute atomic E-state index is 12.7. The lowest BCUT2D eigenvalue weighted by atomic mass is 9.68. The molecule has 0 aromatic heterocycles. The summed E-state index contributed by atoms with van der Waals surface area (Å²) in [5.74, 6) is 0.357. The van der Waals surface area contributed by atoms with Crippen LogP contribution in [0.3, 0.4) is 0 Å². The fourth-order valence-electron chi connectivity index (χ4n) is 4.49. The van der Waals surface area contributed by atoms with Crippen molar-refractivity contribution in [2.45, 2.75) is 57.0 Å². The van der Waals surface area contributed by atoms with Crippen LogP contribution < -0.4 is 11.1 Å². The van der Waals surface area contributed by atoms with Crippen LogP contribution in [-0.4, -0.2) is 47.2 Å². The summed E-state index contributed by atoms with van der Waals surface area (Å²) in [6.45, 7) is 2.00. The first kappa shape index (κ1) is 13.7. The van der Waals surface area contributed by atoms with E-state index in [0.717, 1.165) is 12.8 Å². The van der Waals surface area contributed by atoms with Gasteiger partial charge in [0, 0.05) is 25.0 Å². The lowest BCUT2D eigenvalue weighted by Crippen LogP contribution is -2.74. The zero-order valence-corrected chi connectivity index (χ0v) is 12.1. The van der Waals surface area contributed by atoms with E-state index in [4.69, 9.17) is 5.73 Å². The number of piperidine rings is 1. The van der Waals surface area contributed by atoms with Crippen LogP contribution in [-0.2, 0) is 4.79 Å². The Labute approximate surface area is 119 Å². The number of carbonyl (C=O) groups is 1. The van der Waals surface area contributed by atoms with E-state index in [9.17, 15) is 10.1 Å². The second-order valence-electron chi connectivity index (χ2n) is 6.39. The Balaban J connectivity index is 2.00. The molecule has 0 bridgehead atoms. The van der Waals surface area contributed by atoms with Crippen LogP contribution in [0.4, 0.5) is 0 Å². The molecule has 0 spiro atoms. The average molecular weight is 277 g/mol. The number of nitrogens with one attached hydrogen (secondary N) is 1. The van der Waals surface area contributed by atoms with Gasteiger partial charge >= 0.3 is 0 Å². The Morgan fingerprint density at radius 3 is 2.80 bits per heavy atom. The maximum Gasteiger partial charge on any atom is 0.229 e. The normalized spacial score (nSPS) is 44.6. The minimum atomic E-state index is -0.477. The van der Waals surface area contributed by atoms with Crippen LogP contribution in [0.25, 0.3) is 0 Å². The van der Waals surface area contributed by atoms with Gasteiger partial charge in [0.25, 0.3) is 0 Å². The van der Waals surface area contributed by atoms with Gasteiger partial charge in [-0.2, -0.15) is 5.26 Å². The summed E-state index contributed by atoms with van der Waals surface area (Å²) in [6.07, 6.45) is 6.23. The van der Waals surface area contributed by atoms with E-state index in [0.29, 0.717) is 5.92 Å². The highest BCUT2D eigenvalue weighted by molar-refractivity contribution is 5.82. The maximum atomic E-state index is 12.7. The molecule has 1 aliphatic carbocycles. The number of nitrogens with two attached hydrogens (primary N) is 1. The molecule has 6 atom stereocenters. The zero-order chi connectivity index (χ0) is 14.4. The topological polar surface area (TPSA) is 85.4 Å². The third-order valence-electron chi connectivity index (χ3n) is 5.43. The summed E-state index contributed by atoms with van der Waals surface area (Å²) in [5.41, 5.74) is 6.06. The molecule has 3 rings (SSSR count). The molecule has 1 saturated carbocycles. The van der Waals surface area contributed by atoms with Crippen LogP contribution >= 0.6 is 0 Å². The number of amides is 1. The molecule has 6 heteroatoms. The van der Waals surface area contributed by atoms with Gasteiger partial charge in [-0.25, -0.2) is 0 Å². The molecule has 0 radical (unpaired) electrons. The second-order valence-corrected chi connectivity index (χ2v) is 6.39. The zero-order valence-electron chi connectivity index (χ0n) is 12.1. The number of nitrogens with zero attached hydrogens (tertiary/aromatic N) is 3. The molecule has 2 saturated heterocycles. The summed E-state index contributed by atoms with van der Waals surface area (Å²) in [6, 6.07) is 0.239. The average Bonchev–Trinajstić information content (AvgIpc) is 2.44. The molecule has 3 aliphatic rings. The summed E-state index contributed by atoms with van der Waals surface area (Å²) >= 11 is 0. The molecular formula is C14H23N5O. The molecule has 6 unspecified atom stereocenters.